The van der Waals surface area contributed by atoms with Gasteiger partial charge in [0.25, 0.3) is 0 Å². The van der Waals surface area contributed by atoms with Crippen LogP contribution in [0.1, 0.15) is 20.8 Å². The zero-order valence-electron chi connectivity index (χ0n) is 23.7. The average Bonchev–Trinajstić information content (AvgIpc) is 3.28. The molecule has 41 heavy (non-hydrogen) atoms. The Morgan fingerprint density at radius 3 is 2.68 bits per heavy atom. The van der Waals surface area contributed by atoms with Crippen molar-refractivity contribution in [3.05, 3.63) is 61.4 Å². The number of nitrogens with zero attached hydrogens (tertiary/aromatic N) is 5. The van der Waals surface area contributed by atoms with Gasteiger partial charge < -0.3 is 25.6 Å². The smallest absolute Gasteiger partial charge is 0.387 e. The fourth-order valence-electron chi connectivity index (χ4n) is 4.20. The number of ether oxygens (including phenoxy) is 1. The van der Waals surface area contributed by atoms with E-state index in [1.165, 1.54) is 12.1 Å². The first-order valence-corrected chi connectivity index (χ1v) is 13.0. The average molecular weight is 565 g/mol. The second-order valence-corrected chi connectivity index (χ2v) is 10.5. The van der Waals surface area contributed by atoms with Gasteiger partial charge in [-0.1, -0.05) is 12.6 Å². The minimum atomic E-state index is -3.08. The van der Waals surface area contributed by atoms with Gasteiger partial charge in [0.2, 0.25) is 11.9 Å². The molecule has 10 nitrogen and oxygen atoms in total. The number of anilines is 4. The molecule has 0 bridgehead atoms. The van der Waals surface area contributed by atoms with Crippen molar-refractivity contribution in [2.75, 3.05) is 35.7 Å². The minimum absolute atomic E-state index is 0.100. The van der Waals surface area contributed by atoms with E-state index in [1.807, 2.05) is 50.9 Å². The van der Waals surface area contributed by atoms with E-state index in [4.69, 9.17) is 4.74 Å². The van der Waals surface area contributed by atoms with Crippen molar-refractivity contribution in [3.63, 3.8) is 0 Å². The summed E-state index contributed by atoms with van der Waals surface area (Å²) in [6.45, 7) is 7.72. The van der Waals surface area contributed by atoms with E-state index in [9.17, 15) is 13.6 Å². The first kappa shape index (κ1) is 29.4. The summed E-state index contributed by atoms with van der Waals surface area (Å²) in [5.41, 5.74) is 3.33. The van der Waals surface area contributed by atoms with Crippen LogP contribution in [0.5, 0.6) is 5.75 Å². The number of aromatic nitrogens is 4. The van der Waals surface area contributed by atoms with E-state index < -0.39 is 12.5 Å². The summed E-state index contributed by atoms with van der Waals surface area (Å²) in [5, 5.41) is 14.4. The number of nitrogens with one attached hydrogen (secondary N) is 3. The second-order valence-electron chi connectivity index (χ2n) is 10.5. The third kappa shape index (κ3) is 7.54. The van der Waals surface area contributed by atoms with Gasteiger partial charge in [-0.2, -0.15) is 13.9 Å². The Morgan fingerprint density at radius 1 is 1.20 bits per heavy atom. The van der Waals surface area contributed by atoms with Gasteiger partial charge in [-0.3, -0.25) is 9.48 Å². The minimum Gasteiger partial charge on any atom is -0.433 e. The molecule has 3 N–H and O–H groups in total. The van der Waals surface area contributed by atoms with Crippen LogP contribution < -0.4 is 25.6 Å². The van der Waals surface area contributed by atoms with Gasteiger partial charge in [0.15, 0.2) is 5.75 Å². The standard InChI is InChI=1S/C29H34F2N8O2/c1-7-26(40)35-21-15-22(25(41-27(30)31)16-24(21)38(5)13-12-33-29(2,3)4)37-28-32-11-10-20(36-28)18-8-9-23-19(14-18)17-34-39(23)6/h7-11,14-17,27,33H,1,12-13H2,2-6H3,(H,35,40)(H,32,36,37). The van der Waals surface area contributed by atoms with Crippen molar-refractivity contribution in [3.8, 4) is 17.0 Å². The fourth-order valence-corrected chi connectivity index (χ4v) is 4.20. The highest BCUT2D eigenvalue weighted by Crippen LogP contribution is 2.39. The topological polar surface area (TPSA) is 109 Å². The summed E-state index contributed by atoms with van der Waals surface area (Å²) >= 11 is 0. The van der Waals surface area contributed by atoms with Crippen molar-refractivity contribution in [1.29, 1.82) is 0 Å². The number of rotatable bonds is 11. The van der Waals surface area contributed by atoms with Crippen LogP contribution in [0.4, 0.5) is 31.8 Å². The number of hydrogen-bond acceptors (Lipinski definition) is 8. The molecule has 2 aromatic heterocycles. The molecule has 0 aliphatic carbocycles. The number of aryl methyl sites for hydroxylation is 1. The number of benzene rings is 2. The van der Waals surface area contributed by atoms with Gasteiger partial charge in [-0.25, -0.2) is 9.97 Å². The molecule has 0 aliphatic rings. The fraction of sp³-hybridized carbons (Fsp3) is 0.310. The number of carbonyl (C=O) groups excluding carboxylic acids is 1. The Labute approximate surface area is 237 Å². The van der Waals surface area contributed by atoms with Crippen molar-refractivity contribution >= 4 is 39.8 Å². The van der Waals surface area contributed by atoms with Crippen molar-refractivity contribution in [1.82, 2.24) is 25.1 Å². The molecule has 0 saturated carbocycles. The Morgan fingerprint density at radius 2 is 1.98 bits per heavy atom. The molecule has 0 spiro atoms. The Bertz CT molecular complexity index is 1550. The molecule has 2 heterocycles. The van der Waals surface area contributed by atoms with E-state index in [0.29, 0.717) is 30.2 Å². The molecule has 4 rings (SSSR count). The zero-order chi connectivity index (χ0) is 29.7. The second kappa shape index (κ2) is 12.3. The van der Waals surface area contributed by atoms with Gasteiger partial charge in [0.05, 0.1) is 34.5 Å². The molecule has 216 valence electrons. The molecule has 0 aliphatic heterocycles. The van der Waals surface area contributed by atoms with E-state index in [1.54, 1.807) is 30.2 Å². The van der Waals surface area contributed by atoms with Gasteiger partial charge in [0, 0.05) is 55.9 Å². The number of carbonyl (C=O) groups is 1. The third-order valence-electron chi connectivity index (χ3n) is 6.22. The largest absolute Gasteiger partial charge is 0.433 e. The number of hydrogen-bond donors (Lipinski definition) is 3. The molecule has 4 aromatic rings. The number of fused-ring (bicyclic) bond motifs is 1. The Balaban J connectivity index is 1.69. The van der Waals surface area contributed by atoms with Crippen molar-refractivity contribution in [2.24, 2.45) is 7.05 Å². The van der Waals surface area contributed by atoms with Crippen LogP contribution in [0.2, 0.25) is 0 Å². The van der Waals surface area contributed by atoms with Gasteiger partial charge in [-0.15, -0.1) is 0 Å². The SMILES string of the molecule is C=CC(=O)Nc1cc(Nc2nccc(-c3ccc4c(cnn4C)c3)n2)c(OC(F)F)cc1N(C)CCNC(C)(C)C. The van der Waals surface area contributed by atoms with Crippen LogP contribution in [-0.4, -0.2) is 57.9 Å². The maximum absolute atomic E-state index is 13.5. The molecular weight excluding hydrogens is 530 g/mol. The van der Waals surface area contributed by atoms with Crippen LogP contribution in [-0.2, 0) is 11.8 Å². The molecule has 1 amide bonds. The summed E-state index contributed by atoms with van der Waals surface area (Å²) < 4.78 is 33.6. The number of likely N-dealkylation sites (N-methyl/N-ethyl adjacent to an activating group) is 1. The lowest BCUT2D eigenvalue weighted by molar-refractivity contribution is -0.111. The monoisotopic (exact) mass is 564 g/mol. The first-order chi connectivity index (χ1) is 19.4. The van der Waals surface area contributed by atoms with Crippen molar-refractivity contribution < 1.29 is 18.3 Å². The molecule has 0 fully saturated rings. The normalized spacial score (nSPS) is 11.5. The summed E-state index contributed by atoms with van der Waals surface area (Å²) in [4.78, 5) is 23.0. The molecular formula is C29H34F2N8O2. The highest BCUT2D eigenvalue weighted by molar-refractivity contribution is 6.02. The molecule has 0 saturated heterocycles. The zero-order valence-corrected chi connectivity index (χ0v) is 23.7. The van der Waals surface area contributed by atoms with E-state index in [2.05, 4.69) is 37.6 Å². The summed E-state index contributed by atoms with van der Waals surface area (Å²) in [6, 6.07) is 10.5. The highest BCUT2D eigenvalue weighted by Gasteiger charge is 2.20. The van der Waals surface area contributed by atoms with Crippen LogP contribution in [0.3, 0.4) is 0 Å². The van der Waals surface area contributed by atoms with Crippen LogP contribution in [0.15, 0.2) is 61.4 Å². The molecule has 12 heteroatoms. The van der Waals surface area contributed by atoms with Gasteiger partial charge in [0.1, 0.15) is 0 Å². The number of alkyl halides is 2. The van der Waals surface area contributed by atoms with Gasteiger partial charge in [-0.05, 0) is 51.1 Å². The number of amides is 1. The lowest BCUT2D eigenvalue weighted by Crippen LogP contribution is -2.40. The van der Waals surface area contributed by atoms with Gasteiger partial charge >= 0.3 is 6.61 Å². The van der Waals surface area contributed by atoms with Crippen LogP contribution in [0, 0.1) is 0 Å². The lowest BCUT2D eigenvalue weighted by Gasteiger charge is -2.27. The van der Waals surface area contributed by atoms with E-state index >= 15 is 0 Å². The highest BCUT2D eigenvalue weighted by atomic mass is 19.3. The van der Waals surface area contributed by atoms with Crippen molar-refractivity contribution in [2.45, 2.75) is 32.9 Å². The maximum Gasteiger partial charge on any atom is 0.387 e. The number of halogens is 2. The lowest BCUT2D eigenvalue weighted by atomic mass is 10.1. The van der Waals surface area contributed by atoms with Crippen LogP contribution in [0.25, 0.3) is 22.2 Å². The van der Waals surface area contributed by atoms with E-state index in [-0.39, 0.29) is 22.9 Å². The summed E-state index contributed by atoms with van der Waals surface area (Å²) in [6.07, 6.45) is 4.47. The predicted molar refractivity (Wildman–Crippen MR) is 158 cm³/mol. The van der Waals surface area contributed by atoms with Crippen LogP contribution >= 0.6 is 0 Å². The summed E-state index contributed by atoms with van der Waals surface area (Å²) in [5.74, 6) is -0.428. The maximum atomic E-state index is 13.5. The molecule has 0 unspecified atom stereocenters. The van der Waals surface area contributed by atoms with E-state index in [0.717, 1.165) is 22.5 Å². The quantitative estimate of drug-likeness (QED) is 0.210. The predicted octanol–water partition coefficient (Wildman–Crippen LogP) is 5.32. The molecule has 2 aromatic carbocycles. The third-order valence-corrected chi connectivity index (χ3v) is 6.22. The molecule has 0 radical (unpaired) electrons. The Hall–Kier alpha value is -4.58. The first-order valence-electron chi connectivity index (χ1n) is 13.0. The molecule has 0 atom stereocenters. The Kier molecular flexibility index (Phi) is 8.82. The summed E-state index contributed by atoms with van der Waals surface area (Å²) in [7, 11) is 3.67.